The molecule has 0 saturated heterocycles. The molecule has 0 saturated carbocycles. The lowest BCUT2D eigenvalue weighted by Gasteiger charge is -2.10. The number of carbonyl (C=O) groups excluding carboxylic acids is 1. The smallest absolute Gasteiger partial charge is 0.235 e. The summed E-state index contributed by atoms with van der Waals surface area (Å²) in [6.45, 7) is 0.182. The summed E-state index contributed by atoms with van der Waals surface area (Å²) in [5.74, 6) is -0.451. The topological polar surface area (TPSA) is 94.0 Å². The summed E-state index contributed by atoms with van der Waals surface area (Å²) in [5, 5.41) is 6.80. The Bertz CT molecular complexity index is 1000. The summed E-state index contributed by atoms with van der Waals surface area (Å²) in [6.07, 6.45) is 6.19. The Labute approximate surface area is 164 Å². The summed E-state index contributed by atoms with van der Waals surface area (Å²) in [6, 6.07) is 15.0. The summed E-state index contributed by atoms with van der Waals surface area (Å²) in [5.41, 5.74) is 1.84. The SMILES string of the molecule is O=C(CS(=O)(=O)CCCc1ccccc1)NCc1cccnc1-n1cccn1. The van der Waals surface area contributed by atoms with Crippen molar-refractivity contribution in [1.29, 1.82) is 0 Å². The molecule has 0 spiro atoms. The van der Waals surface area contributed by atoms with Crippen LogP contribution in [0.3, 0.4) is 0 Å². The minimum Gasteiger partial charge on any atom is -0.351 e. The van der Waals surface area contributed by atoms with Gasteiger partial charge in [-0.3, -0.25) is 4.79 Å². The normalized spacial score (nSPS) is 11.3. The van der Waals surface area contributed by atoms with Crippen LogP contribution in [-0.4, -0.2) is 40.6 Å². The largest absolute Gasteiger partial charge is 0.351 e. The van der Waals surface area contributed by atoms with Gasteiger partial charge in [-0.15, -0.1) is 0 Å². The summed E-state index contributed by atoms with van der Waals surface area (Å²) >= 11 is 0. The number of sulfone groups is 1. The first-order valence-electron chi connectivity index (χ1n) is 8.98. The maximum absolute atomic E-state index is 12.2. The van der Waals surface area contributed by atoms with E-state index in [0.29, 0.717) is 18.7 Å². The summed E-state index contributed by atoms with van der Waals surface area (Å²) in [4.78, 5) is 16.4. The molecule has 0 fully saturated rings. The molecule has 28 heavy (non-hydrogen) atoms. The maximum atomic E-state index is 12.2. The van der Waals surface area contributed by atoms with Crippen LogP contribution in [0.25, 0.3) is 5.82 Å². The van der Waals surface area contributed by atoms with Crippen LogP contribution in [-0.2, 0) is 27.6 Å². The Balaban J connectivity index is 1.50. The van der Waals surface area contributed by atoms with Gasteiger partial charge in [0.15, 0.2) is 15.7 Å². The predicted octanol–water partition coefficient (Wildman–Crippen LogP) is 1.93. The third-order valence-electron chi connectivity index (χ3n) is 4.18. The van der Waals surface area contributed by atoms with Crippen LogP contribution in [0.1, 0.15) is 17.5 Å². The molecule has 8 heteroatoms. The van der Waals surface area contributed by atoms with Crippen LogP contribution in [0.2, 0.25) is 0 Å². The van der Waals surface area contributed by atoms with E-state index >= 15 is 0 Å². The number of carbonyl (C=O) groups is 1. The number of aromatic nitrogens is 3. The van der Waals surface area contributed by atoms with Gasteiger partial charge in [0.25, 0.3) is 0 Å². The van der Waals surface area contributed by atoms with E-state index in [1.54, 1.807) is 35.4 Å². The van der Waals surface area contributed by atoms with E-state index < -0.39 is 21.5 Å². The molecular weight excluding hydrogens is 376 g/mol. The Kier molecular flexibility index (Phi) is 6.54. The summed E-state index contributed by atoms with van der Waals surface area (Å²) < 4.78 is 26.0. The molecule has 1 amide bonds. The standard InChI is InChI=1S/C20H22N4O3S/c25-19(16-28(26,27)14-5-9-17-7-2-1-3-8-17)22-15-18-10-4-11-21-20(18)24-13-6-12-23-24/h1-4,6-8,10-13H,5,9,14-16H2,(H,22,25). The van der Waals surface area contributed by atoms with Crippen molar-refractivity contribution in [2.24, 2.45) is 0 Å². The minimum absolute atomic E-state index is 0.0132. The van der Waals surface area contributed by atoms with Crippen molar-refractivity contribution in [3.05, 3.63) is 78.2 Å². The van der Waals surface area contributed by atoms with Crippen molar-refractivity contribution in [2.45, 2.75) is 19.4 Å². The quantitative estimate of drug-likeness (QED) is 0.594. The van der Waals surface area contributed by atoms with Crippen molar-refractivity contribution >= 4 is 15.7 Å². The highest BCUT2D eigenvalue weighted by molar-refractivity contribution is 7.92. The van der Waals surface area contributed by atoms with E-state index in [1.807, 2.05) is 36.4 Å². The molecule has 1 aromatic carbocycles. The van der Waals surface area contributed by atoms with Gasteiger partial charge >= 0.3 is 0 Å². The van der Waals surface area contributed by atoms with Crippen molar-refractivity contribution in [3.8, 4) is 5.82 Å². The van der Waals surface area contributed by atoms with Gasteiger partial charge in [0.2, 0.25) is 5.91 Å². The highest BCUT2D eigenvalue weighted by Crippen LogP contribution is 2.10. The van der Waals surface area contributed by atoms with Crippen LogP contribution >= 0.6 is 0 Å². The Morgan fingerprint density at radius 3 is 2.61 bits per heavy atom. The first-order chi connectivity index (χ1) is 13.5. The number of pyridine rings is 1. The number of nitrogens with one attached hydrogen (secondary N) is 1. The number of hydrogen-bond acceptors (Lipinski definition) is 5. The molecule has 0 aliphatic rings. The Morgan fingerprint density at radius 2 is 1.86 bits per heavy atom. The van der Waals surface area contributed by atoms with Crippen LogP contribution in [0.15, 0.2) is 67.1 Å². The lowest BCUT2D eigenvalue weighted by Crippen LogP contribution is -2.31. The number of nitrogens with zero attached hydrogens (tertiary/aromatic N) is 3. The molecule has 2 heterocycles. The van der Waals surface area contributed by atoms with Gasteiger partial charge < -0.3 is 5.32 Å². The average molecular weight is 398 g/mol. The second-order valence-corrected chi connectivity index (χ2v) is 8.58. The first-order valence-corrected chi connectivity index (χ1v) is 10.8. The molecule has 7 nitrogen and oxygen atoms in total. The third-order valence-corrected chi connectivity index (χ3v) is 5.79. The molecule has 2 aromatic heterocycles. The van der Waals surface area contributed by atoms with Crippen LogP contribution in [0.5, 0.6) is 0 Å². The monoisotopic (exact) mass is 398 g/mol. The van der Waals surface area contributed by atoms with E-state index in [9.17, 15) is 13.2 Å². The van der Waals surface area contributed by atoms with Gasteiger partial charge in [0.1, 0.15) is 5.75 Å². The van der Waals surface area contributed by atoms with E-state index in [-0.39, 0.29) is 12.3 Å². The van der Waals surface area contributed by atoms with Crippen LogP contribution in [0.4, 0.5) is 0 Å². The molecule has 0 unspecified atom stereocenters. The molecule has 0 radical (unpaired) electrons. The maximum Gasteiger partial charge on any atom is 0.235 e. The predicted molar refractivity (Wildman–Crippen MR) is 107 cm³/mol. The molecule has 146 valence electrons. The molecule has 0 aliphatic heterocycles. The molecule has 0 aliphatic carbocycles. The van der Waals surface area contributed by atoms with Gasteiger partial charge in [-0.1, -0.05) is 36.4 Å². The number of aryl methyl sites for hydroxylation is 1. The lowest BCUT2D eigenvalue weighted by molar-refractivity contribution is -0.118. The number of benzene rings is 1. The summed E-state index contributed by atoms with van der Waals surface area (Å²) in [7, 11) is -3.45. The molecule has 0 atom stereocenters. The first kappa shape index (κ1) is 19.8. The van der Waals surface area contributed by atoms with E-state index in [2.05, 4.69) is 15.4 Å². The number of hydrogen-bond donors (Lipinski definition) is 1. The number of amides is 1. The fourth-order valence-electron chi connectivity index (χ4n) is 2.83. The zero-order valence-electron chi connectivity index (χ0n) is 15.4. The third kappa shape index (κ3) is 5.75. The van der Waals surface area contributed by atoms with E-state index in [0.717, 1.165) is 11.1 Å². The molecule has 0 bridgehead atoms. The average Bonchev–Trinajstić information content (AvgIpc) is 3.21. The van der Waals surface area contributed by atoms with E-state index in [4.69, 9.17) is 0 Å². The zero-order valence-corrected chi connectivity index (χ0v) is 16.2. The fraction of sp³-hybridized carbons (Fsp3) is 0.250. The van der Waals surface area contributed by atoms with E-state index in [1.165, 1.54) is 0 Å². The molecule has 1 N–H and O–H groups in total. The van der Waals surface area contributed by atoms with Crippen molar-refractivity contribution in [3.63, 3.8) is 0 Å². The Morgan fingerprint density at radius 1 is 1.04 bits per heavy atom. The number of rotatable bonds is 9. The second-order valence-electron chi connectivity index (χ2n) is 6.39. The second kappa shape index (κ2) is 9.27. The zero-order chi connectivity index (χ0) is 19.8. The highest BCUT2D eigenvalue weighted by atomic mass is 32.2. The van der Waals surface area contributed by atoms with Crippen molar-refractivity contribution in [2.75, 3.05) is 11.5 Å². The van der Waals surface area contributed by atoms with Gasteiger partial charge in [0, 0.05) is 30.7 Å². The minimum atomic E-state index is -3.45. The van der Waals surface area contributed by atoms with Gasteiger partial charge in [-0.2, -0.15) is 5.10 Å². The van der Waals surface area contributed by atoms with Gasteiger partial charge in [-0.25, -0.2) is 18.1 Å². The van der Waals surface area contributed by atoms with Crippen molar-refractivity contribution in [1.82, 2.24) is 20.1 Å². The lowest BCUT2D eigenvalue weighted by atomic mass is 10.1. The van der Waals surface area contributed by atoms with Crippen molar-refractivity contribution < 1.29 is 13.2 Å². The molecule has 3 aromatic rings. The molecule has 3 rings (SSSR count). The van der Waals surface area contributed by atoms with Crippen LogP contribution in [0, 0.1) is 0 Å². The van der Waals surface area contributed by atoms with Crippen LogP contribution < -0.4 is 5.32 Å². The fourth-order valence-corrected chi connectivity index (χ4v) is 4.06. The van der Waals surface area contributed by atoms with Gasteiger partial charge in [-0.05, 0) is 30.5 Å². The Hall–Kier alpha value is -3.00. The molecular formula is C20H22N4O3S. The highest BCUT2D eigenvalue weighted by Gasteiger charge is 2.17. The van der Waals surface area contributed by atoms with Gasteiger partial charge in [0.05, 0.1) is 5.75 Å².